The number of ether oxygens (including phenoxy) is 1. The highest BCUT2D eigenvalue weighted by Crippen LogP contribution is 2.22. The third-order valence-corrected chi connectivity index (χ3v) is 3.20. The Kier molecular flexibility index (Phi) is 4.74. The molecule has 2 heterocycles. The Balaban J connectivity index is 1.64. The minimum absolute atomic E-state index is 0.635. The first-order valence-corrected chi connectivity index (χ1v) is 7.18. The summed E-state index contributed by atoms with van der Waals surface area (Å²) in [5.41, 5.74) is 2.23. The zero-order valence-electron chi connectivity index (χ0n) is 12.1. The van der Waals surface area contributed by atoms with E-state index >= 15 is 0 Å². The van der Waals surface area contributed by atoms with Gasteiger partial charge >= 0.3 is 0 Å². The molecule has 4 nitrogen and oxygen atoms in total. The average Bonchev–Trinajstić information content (AvgIpc) is 2.58. The van der Waals surface area contributed by atoms with Crippen LogP contribution in [0, 0.1) is 0 Å². The maximum absolute atomic E-state index is 5.85. The summed E-state index contributed by atoms with van der Waals surface area (Å²) in [6.07, 6.45) is 5.33. The molecule has 3 aromatic rings. The van der Waals surface area contributed by atoms with Gasteiger partial charge in [0.2, 0.25) is 5.88 Å². The number of rotatable bonds is 6. The van der Waals surface area contributed by atoms with Crippen molar-refractivity contribution >= 4 is 0 Å². The second kappa shape index (κ2) is 7.33. The SMILES string of the molecule is c1ccc(Oc2ncccc2CNCc2ccncc2)cc1. The minimum atomic E-state index is 0.635. The van der Waals surface area contributed by atoms with Crippen LogP contribution in [0.1, 0.15) is 11.1 Å². The van der Waals surface area contributed by atoms with Gasteiger partial charge in [-0.25, -0.2) is 4.98 Å². The molecule has 4 heteroatoms. The van der Waals surface area contributed by atoms with Crippen molar-refractivity contribution in [2.45, 2.75) is 13.1 Å². The van der Waals surface area contributed by atoms with Crippen LogP contribution in [0.5, 0.6) is 11.6 Å². The number of hydrogen-bond donors (Lipinski definition) is 1. The maximum Gasteiger partial charge on any atom is 0.223 e. The summed E-state index contributed by atoms with van der Waals surface area (Å²) in [6.45, 7) is 1.47. The Hall–Kier alpha value is -2.72. The molecule has 0 saturated heterocycles. The number of nitrogens with zero attached hydrogens (tertiary/aromatic N) is 2. The van der Waals surface area contributed by atoms with Crippen molar-refractivity contribution in [3.05, 3.63) is 84.3 Å². The van der Waals surface area contributed by atoms with Crippen LogP contribution in [0.3, 0.4) is 0 Å². The van der Waals surface area contributed by atoms with Gasteiger partial charge in [0.05, 0.1) is 0 Å². The molecule has 0 radical (unpaired) electrons. The first-order chi connectivity index (χ1) is 10.9. The van der Waals surface area contributed by atoms with E-state index in [-0.39, 0.29) is 0 Å². The van der Waals surface area contributed by atoms with E-state index in [2.05, 4.69) is 15.3 Å². The van der Waals surface area contributed by atoms with Gasteiger partial charge in [-0.2, -0.15) is 0 Å². The normalized spacial score (nSPS) is 10.4. The van der Waals surface area contributed by atoms with E-state index in [9.17, 15) is 0 Å². The summed E-state index contributed by atoms with van der Waals surface area (Å²) in [5, 5.41) is 3.40. The Morgan fingerprint density at radius 2 is 1.64 bits per heavy atom. The van der Waals surface area contributed by atoms with E-state index in [0.29, 0.717) is 12.4 Å². The third kappa shape index (κ3) is 3.90. The van der Waals surface area contributed by atoms with Crippen molar-refractivity contribution < 1.29 is 4.74 Å². The average molecular weight is 291 g/mol. The van der Waals surface area contributed by atoms with Crippen LogP contribution in [0.2, 0.25) is 0 Å². The van der Waals surface area contributed by atoms with Crippen LogP contribution in [-0.2, 0) is 13.1 Å². The molecule has 110 valence electrons. The lowest BCUT2D eigenvalue weighted by molar-refractivity contribution is 0.453. The zero-order valence-corrected chi connectivity index (χ0v) is 12.1. The lowest BCUT2D eigenvalue weighted by Crippen LogP contribution is -2.13. The number of nitrogens with one attached hydrogen (secondary N) is 1. The third-order valence-electron chi connectivity index (χ3n) is 3.20. The van der Waals surface area contributed by atoms with Gasteiger partial charge in [0.1, 0.15) is 5.75 Å². The van der Waals surface area contributed by atoms with Crippen LogP contribution in [0.25, 0.3) is 0 Å². The summed E-state index contributed by atoms with van der Waals surface area (Å²) in [6, 6.07) is 17.6. The van der Waals surface area contributed by atoms with Gasteiger partial charge in [-0.1, -0.05) is 24.3 Å². The molecule has 0 spiro atoms. The fraction of sp³-hybridized carbons (Fsp3) is 0.111. The predicted octanol–water partition coefficient (Wildman–Crippen LogP) is 3.56. The fourth-order valence-electron chi connectivity index (χ4n) is 2.09. The fourth-order valence-corrected chi connectivity index (χ4v) is 2.09. The van der Waals surface area contributed by atoms with E-state index in [1.165, 1.54) is 5.56 Å². The van der Waals surface area contributed by atoms with Gasteiger partial charge < -0.3 is 10.1 Å². The number of pyridine rings is 2. The van der Waals surface area contributed by atoms with Gasteiger partial charge in [0.15, 0.2) is 0 Å². The summed E-state index contributed by atoms with van der Waals surface area (Å²) >= 11 is 0. The Labute approximate surface area is 129 Å². The molecule has 3 rings (SSSR count). The largest absolute Gasteiger partial charge is 0.439 e. The molecule has 0 unspecified atom stereocenters. The summed E-state index contributed by atoms with van der Waals surface area (Å²) in [4.78, 5) is 8.34. The van der Waals surface area contributed by atoms with E-state index < -0.39 is 0 Å². The summed E-state index contributed by atoms with van der Waals surface area (Å²) in [5.74, 6) is 1.42. The standard InChI is InChI=1S/C18H17N3O/c1-2-6-17(7-3-1)22-18-16(5-4-10-21-18)14-20-13-15-8-11-19-12-9-15/h1-12,20H,13-14H2. The molecule has 0 saturated carbocycles. The highest BCUT2D eigenvalue weighted by molar-refractivity contribution is 5.32. The molecule has 0 bridgehead atoms. The van der Waals surface area contributed by atoms with Crippen LogP contribution >= 0.6 is 0 Å². The first-order valence-electron chi connectivity index (χ1n) is 7.18. The van der Waals surface area contributed by atoms with Gasteiger partial charge in [0, 0.05) is 37.2 Å². The van der Waals surface area contributed by atoms with Crippen molar-refractivity contribution in [1.29, 1.82) is 0 Å². The van der Waals surface area contributed by atoms with Crippen LogP contribution < -0.4 is 10.1 Å². The van der Waals surface area contributed by atoms with E-state index in [4.69, 9.17) is 4.74 Å². The zero-order chi connectivity index (χ0) is 15.0. The monoisotopic (exact) mass is 291 g/mol. The van der Waals surface area contributed by atoms with Crippen LogP contribution in [-0.4, -0.2) is 9.97 Å². The van der Waals surface area contributed by atoms with Crippen LogP contribution in [0.15, 0.2) is 73.2 Å². The number of hydrogen-bond acceptors (Lipinski definition) is 4. The number of para-hydroxylation sites is 1. The van der Waals surface area contributed by atoms with E-state index in [1.807, 2.05) is 54.6 Å². The Bertz CT molecular complexity index is 702. The molecular formula is C18H17N3O. The van der Waals surface area contributed by atoms with Gasteiger partial charge in [-0.05, 0) is 35.9 Å². The molecule has 22 heavy (non-hydrogen) atoms. The Morgan fingerprint density at radius 1 is 0.818 bits per heavy atom. The van der Waals surface area contributed by atoms with Crippen molar-refractivity contribution in [3.8, 4) is 11.6 Å². The first kappa shape index (κ1) is 14.2. The molecule has 0 amide bonds. The lowest BCUT2D eigenvalue weighted by atomic mass is 10.2. The molecule has 1 N–H and O–H groups in total. The quantitative estimate of drug-likeness (QED) is 0.754. The minimum Gasteiger partial charge on any atom is -0.439 e. The molecule has 1 aromatic carbocycles. The van der Waals surface area contributed by atoms with E-state index in [0.717, 1.165) is 17.9 Å². The molecular weight excluding hydrogens is 274 g/mol. The molecule has 2 aromatic heterocycles. The molecule has 0 fully saturated rings. The van der Waals surface area contributed by atoms with Crippen molar-refractivity contribution in [1.82, 2.24) is 15.3 Å². The second-order valence-corrected chi connectivity index (χ2v) is 4.84. The van der Waals surface area contributed by atoms with Gasteiger partial charge in [0.25, 0.3) is 0 Å². The molecule has 0 aliphatic heterocycles. The maximum atomic E-state index is 5.85. The smallest absolute Gasteiger partial charge is 0.223 e. The van der Waals surface area contributed by atoms with Crippen LogP contribution in [0.4, 0.5) is 0 Å². The highest BCUT2D eigenvalue weighted by atomic mass is 16.5. The van der Waals surface area contributed by atoms with Crippen molar-refractivity contribution in [2.24, 2.45) is 0 Å². The van der Waals surface area contributed by atoms with E-state index in [1.54, 1.807) is 18.6 Å². The number of aromatic nitrogens is 2. The van der Waals surface area contributed by atoms with Crippen molar-refractivity contribution in [3.63, 3.8) is 0 Å². The predicted molar refractivity (Wildman–Crippen MR) is 85.5 cm³/mol. The second-order valence-electron chi connectivity index (χ2n) is 4.84. The topological polar surface area (TPSA) is 47.0 Å². The molecule has 0 aliphatic carbocycles. The summed E-state index contributed by atoms with van der Waals surface area (Å²) < 4.78 is 5.85. The molecule has 0 aliphatic rings. The number of benzene rings is 1. The Morgan fingerprint density at radius 3 is 2.45 bits per heavy atom. The summed E-state index contributed by atoms with van der Waals surface area (Å²) in [7, 11) is 0. The van der Waals surface area contributed by atoms with Gasteiger partial charge in [-0.15, -0.1) is 0 Å². The van der Waals surface area contributed by atoms with Crippen molar-refractivity contribution in [2.75, 3.05) is 0 Å². The lowest BCUT2D eigenvalue weighted by Gasteiger charge is -2.10. The molecule has 0 atom stereocenters. The van der Waals surface area contributed by atoms with Gasteiger partial charge in [-0.3, -0.25) is 4.98 Å². The highest BCUT2D eigenvalue weighted by Gasteiger charge is 2.05.